The molecule has 0 saturated heterocycles. The highest BCUT2D eigenvalue weighted by Gasteiger charge is 2.18. The second kappa shape index (κ2) is 6.01. The first kappa shape index (κ1) is 15.8. The van der Waals surface area contributed by atoms with E-state index in [0.717, 1.165) is 11.1 Å². The third-order valence-corrected chi connectivity index (χ3v) is 5.00. The fourth-order valence-electron chi connectivity index (χ4n) is 2.08. The SMILES string of the molecule is Cc1ccc(S(=O)(=O)NCC(O)c2cccn2C)cc1C. The molecule has 2 N–H and O–H groups in total. The van der Waals surface area contributed by atoms with Crippen LogP contribution in [0.4, 0.5) is 0 Å². The number of rotatable bonds is 5. The summed E-state index contributed by atoms with van der Waals surface area (Å²) in [6, 6.07) is 8.54. The van der Waals surface area contributed by atoms with Crippen molar-refractivity contribution in [1.29, 1.82) is 0 Å². The van der Waals surface area contributed by atoms with Crippen molar-refractivity contribution >= 4 is 10.0 Å². The maximum atomic E-state index is 12.2. The largest absolute Gasteiger partial charge is 0.386 e. The lowest BCUT2D eigenvalue weighted by Gasteiger charge is -2.14. The van der Waals surface area contributed by atoms with E-state index in [9.17, 15) is 13.5 Å². The Morgan fingerprint density at radius 1 is 1.24 bits per heavy atom. The summed E-state index contributed by atoms with van der Waals surface area (Å²) in [5, 5.41) is 10.1. The predicted molar refractivity (Wildman–Crippen MR) is 81.5 cm³/mol. The van der Waals surface area contributed by atoms with Crippen LogP contribution in [0.5, 0.6) is 0 Å². The van der Waals surface area contributed by atoms with Crippen LogP contribution in [0.3, 0.4) is 0 Å². The van der Waals surface area contributed by atoms with Gasteiger partial charge >= 0.3 is 0 Å². The first-order valence-corrected chi connectivity index (χ1v) is 8.16. The van der Waals surface area contributed by atoms with Gasteiger partial charge in [-0.05, 0) is 49.2 Å². The number of sulfonamides is 1. The lowest BCUT2D eigenvalue weighted by Crippen LogP contribution is -2.29. The molecule has 114 valence electrons. The summed E-state index contributed by atoms with van der Waals surface area (Å²) in [6.07, 6.45) is 0.919. The van der Waals surface area contributed by atoms with Gasteiger partial charge in [0, 0.05) is 25.5 Å². The molecule has 0 spiro atoms. The summed E-state index contributed by atoms with van der Waals surface area (Å²) in [6.45, 7) is 3.73. The van der Waals surface area contributed by atoms with E-state index >= 15 is 0 Å². The Morgan fingerprint density at radius 2 is 1.95 bits per heavy atom. The van der Waals surface area contributed by atoms with Crippen LogP contribution >= 0.6 is 0 Å². The van der Waals surface area contributed by atoms with Crippen molar-refractivity contribution < 1.29 is 13.5 Å². The highest BCUT2D eigenvalue weighted by molar-refractivity contribution is 7.89. The van der Waals surface area contributed by atoms with Crippen LogP contribution in [0.2, 0.25) is 0 Å². The van der Waals surface area contributed by atoms with Gasteiger partial charge in [0.15, 0.2) is 0 Å². The van der Waals surface area contributed by atoms with Crippen molar-refractivity contribution in [3.8, 4) is 0 Å². The van der Waals surface area contributed by atoms with Crippen molar-refractivity contribution in [2.24, 2.45) is 7.05 Å². The van der Waals surface area contributed by atoms with E-state index in [1.807, 2.05) is 13.8 Å². The number of aliphatic hydroxyl groups excluding tert-OH is 1. The summed E-state index contributed by atoms with van der Waals surface area (Å²) >= 11 is 0. The molecule has 0 bridgehead atoms. The molecule has 6 heteroatoms. The van der Waals surface area contributed by atoms with E-state index in [0.29, 0.717) is 5.69 Å². The molecule has 0 aliphatic heterocycles. The quantitative estimate of drug-likeness (QED) is 0.882. The molecule has 2 rings (SSSR count). The number of benzene rings is 1. The molecule has 2 aromatic rings. The zero-order valence-corrected chi connectivity index (χ0v) is 13.2. The predicted octanol–water partition coefficient (Wildman–Crippen LogP) is 1.65. The van der Waals surface area contributed by atoms with Crippen LogP contribution in [0.1, 0.15) is 22.9 Å². The molecule has 21 heavy (non-hydrogen) atoms. The topological polar surface area (TPSA) is 71.3 Å². The molecule has 1 heterocycles. The number of nitrogens with one attached hydrogen (secondary N) is 1. The van der Waals surface area contributed by atoms with Crippen LogP contribution in [0.15, 0.2) is 41.4 Å². The summed E-state index contributed by atoms with van der Waals surface area (Å²) in [5.41, 5.74) is 2.62. The summed E-state index contributed by atoms with van der Waals surface area (Å²) in [7, 11) is -1.82. The lowest BCUT2D eigenvalue weighted by atomic mass is 10.1. The molecular formula is C15H20N2O3S. The van der Waals surface area contributed by atoms with Crippen LogP contribution in [0.25, 0.3) is 0 Å². The minimum atomic E-state index is -3.62. The number of hydrogen-bond donors (Lipinski definition) is 2. The zero-order chi connectivity index (χ0) is 15.6. The summed E-state index contributed by atoms with van der Waals surface area (Å²) in [5.74, 6) is 0. The van der Waals surface area contributed by atoms with E-state index in [1.54, 1.807) is 48.1 Å². The van der Waals surface area contributed by atoms with E-state index in [1.165, 1.54) is 0 Å². The molecule has 0 radical (unpaired) electrons. The van der Waals surface area contributed by atoms with Gasteiger partial charge in [-0.15, -0.1) is 0 Å². The highest BCUT2D eigenvalue weighted by Crippen LogP contribution is 2.16. The van der Waals surface area contributed by atoms with Crippen LogP contribution in [0, 0.1) is 13.8 Å². The van der Waals surface area contributed by atoms with E-state index in [2.05, 4.69) is 4.72 Å². The summed E-state index contributed by atoms with van der Waals surface area (Å²) < 4.78 is 28.7. The maximum Gasteiger partial charge on any atom is 0.240 e. The molecule has 0 aliphatic carbocycles. The molecule has 0 aliphatic rings. The van der Waals surface area contributed by atoms with Crippen LogP contribution < -0.4 is 4.72 Å². The molecule has 5 nitrogen and oxygen atoms in total. The second-order valence-corrected chi connectivity index (χ2v) is 6.92. The van der Waals surface area contributed by atoms with E-state index in [4.69, 9.17) is 0 Å². The minimum Gasteiger partial charge on any atom is -0.386 e. The number of hydrogen-bond acceptors (Lipinski definition) is 3. The average molecular weight is 308 g/mol. The van der Waals surface area contributed by atoms with Gasteiger partial charge in [-0.1, -0.05) is 6.07 Å². The molecule has 1 unspecified atom stereocenters. The molecular weight excluding hydrogens is 288 g/mol. The Hall–Kier alpha value is -1.63. The van der Waals surface area contributed by atoms with Crippen molar-refractivity contribution in [1.82, 2.24) is 9.29 Å². The molecule has 0 amide bonds. The van der Waals surface area contributed by atoms with Crippen molar-refractivity contribution in [3.05, 3.63) is 53.3 Å². The molecule has 1 atom stereocenters. The molecule has 1 aromatic carbocycles. The normalized spacial score (nSPS) is 13.3. The van der Waals surface area contributed by atoms with Crippen molar-refractivity contribution in [2.45, 2.75) is 24.8 Å². The highest BCUT2D eigenvalue weighted by atomic mass is 32.2. The Kier molecular flexibility index (Phi) is 4.51. The Morgan fingerprint density at radius 3 is 2.52 bits per heavy atom. The summed E-state index contributed by atoms with van der Waals surface area (Å²) in [4.78, 5) is 0.213. The Balaban J connectivity index is 2.11. The van der Waals surface area contributed by atoms with Gasteiger partial charge in [-0.2, -0.15) is 0 Å². The van der Waals surface area contributed by atoms with E-state index in [-0.39, 0.29) is 11.4 Å². The number of aryl methyl sites for hydroxylation is 3. The van der Waals surface area contributed by atoms with E-state index < -0.39 is 16.1 Å². The lowest BCUT2D eigenvalue weighted by molar-refractivity contribution is 0.173. The zero-order valence-electron chi connectivity index (χ0n) is 12.4. The fourth-order valence-corrected chi connectivity index (χ4v) is 3.20. The van der Waals surface area contributed by atoms with Crippen LogP contribution in [-0.2, 0) is 17.1 Å². The third-order valence-electron chi connectivity index (χ3n) is 3.58. The minimum absolute atomic E-state index is 0.0624. The van der Waals surface area contributed by atoms with Gasteiger partial charge in [0.05, 0.1) is 4.90 Å². The standard InChI is InChI=1S/C15H20N2O3S/c1-11-6-7-13(9-12(11)2)21(19,20)16-10-15(18)14-5-4-8-17(14)3/h4-9,15-16,18H,10H2,1-3H3. The Labute approximate surface area is 125 Å². The van der Waals surface area contributed by atoms with Gasteiger partial charge in [-0.25, -0.2) is 13.1 Å². The first-order chi connectivity index (χ1) is 9.81. The fraction of sp³-hybridized carbons (Fsp3) is 0.333. The molecule has 0 fully saturated rings. The number of aromatic nitrogens is 1. The first-order valence-electron chi connectivity index (χ1n) is 6.67. The van der Waals surface area contributed by atoms with Gasteiger partial charge < -0.3 is 9.67 Å². The third kappa shape index (κ3) is 3.53. The average Bonchev–Trinajstić information content (AvgIpc) is 2.85. The smallest absolute Gasteiger partial charge is 0.240 e. The van der Waals surface area contributed by atoms with Gasteiger partial charge in [-0.3, -0.25) is 0 Å². The number of nitrogens with zero attached hydrogens (tertiary/aromatic N) is 1. The van der Waals surface area contributed by atoms with Crippen molar-refractivity contribution in [2.75, 3.05) is 6.54 Å². The molecule has 1 aromatic heterocycles. The monoisotopic (exact) mass is 308 g/mol. The maximum absolute atomic E-state index is 12.2. The number of aliphatic hydroxyl groups is 1. The second-order valence-electron chi connectivity index (χ2n) is 5.16. The van der Waals surface area contributed by atoms with Crippen LogP contribution in [-0.4, -0.2) is 24.6 Å². The van der Waals surface area contributed by atoms with Gasteiger partial charge in [0.25, 0.3) is 0 Å². The Bertz CT molecular complexity index is 735. The van der Waals surface area contributed by atoms with Gasteiger partial charge in [0.2, 0.25) is 10.0 Å². The van der Waals surface area contributed by atoms with Crippen molar-refractivity contribution in [3.63, 3.8) is 0 Å². The molecule has 0 saturated carbocycles. The van der Waals surface area contributed by atoms with Gasteiger partial charge in [0.1, 0.15) is 6.10 Å².